The highest BCUT2D eigenvalue weighted by atomic mass is 19.3. The molecule has 0 aliphatic rings. The van der Waals surface area contributed by atoms with Gasteiger partial charge in [0.15, 0.2) is 0 Å². The number of hydrogen-bond donors (Lipinski definition) is 1. The third-order valence-corrected chi connectivity index (χ3v) is 1.45. The van der Waals surface area contributed by atoms with E-state index in [0.29, 0.717) is 0 Å². The molecule has 0 aliphatic heterocycles. The summed E-state index contributed by atoms with van der Waals surface area (Å²) >= 11 is 0. The first-order valence-electron chi connectivity index (χ1n) is 3.97. The number of halogens is 2. The molecule has 0 amide bonds. The van der Waals surface area contributed by atoms with Crippen molar-refractivity contribution in [3.63, 3.8) is 0 Å². The minimum atomic E-state index is -2.79. The molecule has 0 bridgehead atoms. The van der Waals surface area contributed by atoms with Crippen molar-refractivity contribution < 1.29 is 13.5 Å². The Morgan fingerprint density at radius 3 is 2.50 bits per heavy atom. The van der Waals surface area contributed by atoms with Crippen LogP contribution in [0.1, 0.15) is 5.56 Å². The Morgan fingerprint density at radius 1 is 1.36 bits per heavy atom. The molecule has 0 fully saturated rings. The highest BCUT2D eigenvalue weighted by Crippen LogP contribution is 2.13. The number of rotatable bonds is 4. The molecule has 0 aliphatic carbocycles. The van der Waals surface area contributed by atoms with E-state index in [0.717, 1.165) is 5.56 Å². The summed E-state index contributed by atoms with van der Waals surface area (Å²) < 4.78 is 27.7. The number of nitrogens with one attached hydrogen (secondary N) is 1. The van der Waals surface area contributed by atoms with Gasteiger partial charge < -0.3 is 10.2 Å². The maximum atomic E-state index is 11.8. The molecule has 0 aromatic heterocycles. The molecule has 14 heavy (non-hydrogen) atoms. The van der Waals surface area contributed by atoms with Crippen molar-refractivity contribution in [1.29, 1.82) is 0 Å². The zero-order chi connectivity index (χ0) is 10.4. The molecular formula is C9H10F2N2O. The summed E-state index contributed by atoms with van der Waals surface area (Å²) in [4.78, 5) is 0. The second kappa shape index (κ2) is 5.16. The van der Waals surface area contributed by atoms with Gasteiger partial charge in [0, 0.05) is 7.05 Å². The molecule has 1 aromatic carbocycles. The average Bonchev–Trinajstić information content (AvgIpc) is 2.16. The summed E-state index contributed by atoms with van der Waals surface area (Å²) in [7, 11) is 1.67. The van der Waals surface area contributed by atoms with Crippen LogP contribution in [0.4, 0.5) is 8.78 Å². The van der Waals surface area contributed by atoms with Gasteiger partial charge in [-0.1, -0.05) is 0 Å². The summed E-state index contributed by atoms with van der Waals surface area (Å²) in [5.41, 5.74) is 3.39. The van der Waals surface area contributed by atoms with Gasteiger partial charge in [0.25, 0.3) is 0 Å². The normalized spacial score (nSPS) is 10.9. The van der Waals surface area contributed by atoms with Crippen LogP contribution in [0.5, 0.6) is 5.75 Å². The van der Waals surface area contributed by atoms with Gasteiger partial charge in [-0.25, -0.2) is 0 Å². The quantitative estimate of drug-likeness (QED) is 0.594. The van der Waals surface area contributed by atoms with Gasteiger partial charge in [0.05, 0.1) is 6.21 Å². The van der Waals surface area contributed by atoms with Gasteiger partial charge in [-0.3, -0.25) is 0 Å². The maximum absolute atomic E-state index is 11.8. The highest BCUT2D eigenvalue weighted by molar-refractivity contribution is 5.79. The molecule has 5 heteroatoms. The predicted octanol–water partition coefficient (Wildman–Crippen LogP) is 1.84. The Bertz CT molecular complexity index is 298. The Labute approximate surface area is 80.4 Å². The zero-order valence-electron chi connectivity index (χ0n) is 7.58. The third kappa shape index (κ3) is 3.38. The van der Waals surface area contributed by atoms with Crippen molar-refractivity contribution in [3.05, 3.63) is 29.8 Å². The molecule has 0 saturated heterocycles. The molecule has 0 unspecified atom stereocenters. The van der Waals surface area contributed by atoms with Gasteiger partial charge in [-0.05, 0) is 29.8 Å². The molecule has 0 saturated carbocycles. The summed E-state index contributed by atoms with van der Waals surface area (Å²) in [5.74, 6) is 0.140. The van der Waals surface area contributed by atoms with Crippen LogP contribution in [0.3, 0.4) is 0 Å². The van der Waals surface area contributed by atoms with E-state index in [1.807, 2.05) is 0 Å². The van der Waals surface area contributed by atoms with E-state index in [2.05, 4.69) is 15.3 Å². The SMILES string of the molecule is CN/N=C/c1ccc(OC(F)F)cc1. The molecule has 3 nitrogen and oxygen atoms in total. The third-order valence-electron chi connectivity index (χ3n) is 1.45. The van der Waals surface area contributed by atoms with Gasteiger partial charge in [-0.2, -0.15) is 13.9 Å². The zero-order valence-corrected chi connectivity index (χ0v) is 7.58. The van der Waals surface area contributed by atoms with Gasteiger partial charge in [0.1, 0.15) is 5.75 Å². The minimum Gasteiger partial charge on any atom is -0.435 e. The Hall–Kier alpha value is -1.65. The molecule has 0 heterocycles. The lowest BCUT2D eigenvalue weighted by Crippen LogP contribution is -2.01. The van der Waals surface area contributed by atoms with Gasteiger partial charge in [-0.15, -0.1) is 0 Å². The number of nitrogens with zero attached hydrogens (tertiary/aromatic N) is 1. The van der Waals surface area contributed by atoms with E-state index in [1.165, 1.54) is 12.1 Å². The molecule has 1 N–H and O–H groups in total. The largest absolute Gasteiger partial charge is 0.435 e. The Morgan fingerprint density at radius 2 is 2.00 bits per heavy atom. The maximum Gasteiger partial charge on any atom is 0.387 e. The van der Waals surface area contributed by atoms with Crippen LogP contribution in [-0.4, -0.2) is 19.9 Å². The average molecular weight is 200 g/mol. The lowest BCUT2D eigenvalue weighted by molar-refractivity contribution is -0.0498. The molecule has 0 atom stereocenters. The number of ether oxygens (including phenoxy) is 1. The predicted molar refractivity (Wildman–Crippen MR) is 49.7 cm³/mol. The highest BCUT2D eigenvalue weighted by Gasteiger charge is 2.02. The molecule has 1 aromatic rings. The summed E-state index contributed by atoms with van der Waals surface area (Å²) in [5, 5.41) is 3.77. The second-order valence-electron chi connectivity index (χ2n) is 2.43. The lowest BCUT2D eigenvalue weighted by atomic mass is 10.2. The van der Waals surface area contributed by atoms with Crippen LogP contribution < -0.4 is 10.2 Å². The lowest BCUT2D eigenvalue weighted by Gasteiger charge is -2.03. The van der Waals surface area contributed by atoms with Crippen molar-refractivity contribution in [2.75, 3.05) is 7.05 Å². The first kappa shape index (κ1) is 10.4. The fourth-order valence-electron chi connectivity index (χ4n) is 0.874. The molecule has 0 radical (unpaired) electrons. The van der Waals surface area contributed by atoms with Crippen molar-refractivity contribution in [2.24, 2.45) is 5.10 Å². The minimum absolute atomic E-state index is 0.140. The number of hydrazone groups is 1. The topological polar surface area (TPSA) is 33.6 Å². The Kier molecular flexibility index (Phi) is 3.84. The monoisotopic (exact) mass is 200 g/mol. The van der Waals surface area contributed by atoms with E-state index in [-0.39, 0.29) is 5.75 Å². The first-order valence-corrected chi connectivity index (χ1v) is 3.97. The molecular weight excluding hydrogens is 190 g/mol. The first-order chi connectivity index (χ1) is 6.72. The van der Waals surface area contributed by atoms with Crippen LogP contribution in [0.15, 0.2) is 29.4 Å². The van der Waals surface area contributed by atoms with Crippen LogP contribution in [0, 0.1) is 0 Å². The van der Waals surface area contributed by atoms with E-state index < -0.39 is 6.61 Å². The van der Waals surface area contributed by atoms with E-state index in [1.54, 1.807) is 25.4 Å². The number of alkyl halides is 2. The van der Waals surface area contributed by atoms with Crippen molar-refractivity contribution in [1.82, 2.24) is 5.43 Å². The number of hydrogen-bond acceptors (Lipinski definition) is 3. The van der Waals surface area contributed by atoms with E-state index >= 15 is 0 Å². The summed E-state index contributed by atoms with van der Waals surface area (Å²) in [6, 6.07) is 6.20. The van der Waals surface area contributed by atoms with Crippen molar-refractivity contribution in [2.45, 2.75) is 6.61 Å². The van der Waals surface area contributed by atoms with E-state index in [9.17, 15) is 8.78 Å². The smallest absolute Gasteiger partial charge is 0.387 e. The van der Waals surface area contributed by atoms with Gasteiger partial charge in [0.2, 0.25) is 0 Å². The van der Waals surface area contributed by atoms with Crippen molar-refractivity contribution >= 4 is 6.21 Å². The van der Waals surface area contributed by atoms with Gasteiger partial charge >= 0.3 is 6.61 Å². The van der Waals surface area contributed by atoms with Crippen LogP contribution in [0.2, 0.25) is 0 Å². The van der Waals surface area contributed by atoms with E-state index in [4.69, 9.17) is 0 Å². The fraction of sp³-hybridized carbons (Fsp3) is 0.222. The van der Waals surface area contributed by atoms with Crippen molar-refractivity contribution in [3.8, 4) is 5.75 Å². The fourth-order valence-corrected chi connectivity index (χ4v) is 0.874. The summed E-state index contributed by atoms with van der Waals surface area (Å²) in [6.07, 6.45) is 1.58. The molecule has 76 valence electrons. The molecule has 1 rings (SSSR count). The van der Waals surface area contributed by atoms with Crippen LogP contribution in [-0.2, 0) is 0 Å². The second-order valence-corrected chi connectivity index (χ2v) is 2.43. The summed E-state index contributed by atoms with van der Waals surface area (Å²) in [6.45, 7) is -2.79. The van der Waals surface area contributed by atoms with Crippen LogP contribution >= 0.6 is 0 Å². The Balaban J connectivity index is 2.64. The van der Waals surface area contributed by atoms with Crippen LogP contribution in [0.25, 0.3) is 0 Å². The standard InChI is InChI=1S/C9H10F2N2O/c1-12-13-6-7-2-4-8(5-3-7)14-9(10)11/h2-6,9,12H,1H3/b13-6+. The number of benzene rings is 1. The molecule has 0 spiro atoms.